The van der Waals surface area contributed by atoms with Gasteiger partial charge in [-0.3, -0.25) is 0 Å². The number of thioether (sulfide) groups is 3. The SMILES string of the molecule is OCCSC(O)CSCC(O)SCCO. The van der Waals surface area contributed by atoms with Gasteiger partial charge in [0.1, 0.15) is 10.9 Å². The van der Waals surface area contributed by atoms with Crippen LogP contribution in [0.4, 0.5) is 0 Å². The molecule has 2 atom stereocenters. The van der Waals surface area contributed by atoms with E-state index in [1.165, 1.54) is 35.3 Å². The number of hydrogen-bond donors (Lipinski definition) is 4. The quantitative estimate of drug-likeness (QED) is 0.411. The zero-order valence-electron chi connectivity index (χ0n) is 8.41. The maximum Gasteiger partial charge on any atom is 0.108 e. The van der Waals surface area contributed by atoms with E-state index in [1.807, 2.05) is 0 Å². The summed E-state index contributed by atoms with van der Waals surface area (Å²) in [6.45, 7) is 0.142. The van der Waals surface area contributed by atoms with E-state index in [-0.39, 0.29) is 13.2 Å². The summed E-state index contributed by atoms with van der Waals surface area (Å²) in [4.78, 5) is 0. The molecule has 0 fully saturated rings. The topological polar surface area (TPSA) is 80.9 Å². The molecule has 0 aromatic heterocycles. The molecule has 0 spiro atoms. The van der Waals surface area contributed by atoms with Gasteiger partial charge in [0.05, 0.1) is 13.2 Å². The molecule has 0 saturated heterocycles. The molecule has 4 N–H and O–H groups in total. The van der Waals surface area contributed by atoms with Crippen LogP contribution in [0.1, 0.15) is 0 Å². The summed E-state index contributed by atoms with van der Waals surface area (Å²) in [5, 5.41) is 35.8. The molecular weight excluding hydrogens is 256 g/mol. The van der Waals surface area contributed by atoms with Crippen LogP contribution in [-0.4, -0.2) is 67.5 Å². The van der Waals surface area contributed by atoms with Crippen molar-refractivity contribution in [2.24, 2.45) is 0 Å². The van der Waals surface area contributed by atoms with E-state index in [0.717, 1.165) is 0 Å². The van der Waals surface area contributed by atoms with Gasteiger partial charge in [0, 0.05) is 23.0 Å². The molecule has 0 bridgehead atoms. The van der Waals surface area contributed by atoms with Crippen molar-refractivity contribution >= 4 is 35.3 Å². The summed E-state index contributed by atoms with van der Waals surface area (Å²) in [5.74, 6) is 2.15. The lowest BCUT2D eigenvalue weighted by atomic mass is 10.8. The van der Waals surface area contributed by atoms with Gasteiger partial charge < -0.3 is 20.4 Å². The van der Waals surface area contributed by atoms with E-state index < -0.39 is 10.9 Å². The molecule has 0 aliphatic rings. The molecule has 4 nitrogen and oxygen atoms in total. The van der Waals surface area contributed by atoms with E-state index in [0.29, 0.717) is 23.0 Å². The first-order valence-electron chi connectivity index (χ1n) is 4.59. The summed E-state index contributed by atoms with van der Waals surface area (Å²) < 4.78 is 0. The molecular formula is C8H18O4S3. The van der Waals surface area contributed by atoms with Gasteiger partial charge in [-0.15, -0.1) is 23.5 Å². The Morgan fingerprint density at radius 2 is 1.20 bits per heavy atom. The van der Waals surface area contributed by atoms with Gasteiger partial charge in [0.2, 0.25) is 0 Å². The molecule has 0 aliphatic carbocycles. The van der Waals surface area contributed by atoms with Crippen LogP contribution < -0.4 is 0 Å². The highest BCUT2D eigenvalue weighted by Gasteiger charge is 2.08. The molecule has 0 aromatic rings. The van der Waals surface area contributed by atoms with Crippen LogP contribution in [0.3, 0.4) is 0 Å². The second kappa shape index (κ2) is 11.4. The van der Waals surface area contributed by atoms with Gasteiger partial charge in [-0.25, -0.2) is 0 Å². The van der Waals surface area contributed by atoms with Crippen molar-refractivity contribution in [3.8, 4) is 0 Å². The lowest BCUT2D eigenvalue weighted by Gasteiger charge is -2.11. The van der Waals surface area contributed by atoms with Crippen molar-refractivity contribution in [2.45, 2.75) is 10.9 Å². The van der Waals surface area contributed by atoms with E-state index in [9.17, 15) is 10.2 Å². The lowest BCUT2D eigenvalue weighted by molar-refractivity contribution is 0.280. The monoisotopic (exact) mass is 274 g/mol. The van der Waals surface area contributed by atoms with Crippen LogP contribution >= 0.6 is 35.3 Å². The Balaban J connectivity index is 3.27. The third-order valence-electron chi connectivity index (χ3n) is 1.32. The fourth-order valence-electron chi connectivity index (χ4n) is 0.743. The van der Waals surface area contributed by atoms with Crippen LogP contribution in [0.15, 0.2) is 0 Å². The third-order valence-corrected chi connectivity index (χ3v) is 4.79. The Morgan fingerprint density at radius 3 is 1.53 bits per heavy atom. The average molecular weight is 274 g/mol. The number of rotatable bonds is 10. The normalized spacial score (nSPS) is 15.2. The Morgan fingerprint density at radius 1 is 0.800 bits per heavy atom. The van der Waals surface area contributed by atoms with Crippen LogP contribution in [0.25, 0.3) is 0 Å². The summed E-state index contributed by atoms with van der Waals surface area (Å²) in [6, 6.07) is 0. The van der Waals surface area contributed by atoms with Gasteiger partial charge in [0.15, 0.2) is 0 Å². The van der Waals surface area contributed by atoms with Gasteiger partial charge >= 0.3 is 0 Å². The van der Waals surface area contributed by atoms with Gasteiger partial charge in [0.25, 0.3) is 0 Å². The van der Waals surface area contributed by atoms with Crippen molar-refractivity contribution in [1.82, 2.24) is 0 Å². The van der Waals surface area contributed by atoms with Gasteiger partial charge in [-0.2, -0.15) is 11.8 Å². The first-order valence-corrected chi connectivity index (χ1v) is 7.84. The van der Waals surface area contributed by atoms with Crippen LogP contribution in [0, 0.1) is 0 Å². The summed E-state index contributed by atoms with van der Waals surface area (Å²) in [7, 11) is 0. The van der Waals surface area contributed by atoms with Crippen molar-refractivity contribution < 1.29 is 20.4 Å². The van der Waals surface area contributed by atoms with Crippen molar-refractivity contribution in [3.63, 3.8) is 0 Å². The molecule has 0 aromatic carbocycles. The van der Waals surface area contributed by atoms with Gasteiger partial charge in [-0.1, -0.05) is 0 Å². The molecule has 92 valence electrons. The molecule has 0 amide bonds. The molecule has 0 aliphatic heterocycles. The summed E-state index contributed by atoms with van der Waals surface area (Å²) >= 11 is 4.07. The minimum Gasteiger partial charge on any atom is -0.396 e. The average Bonchev–Trinajstić information content (AvgIpc) is 2.23. The molecule has 0 radical (unpaired) electrons. The van der Waals surface area contributed by atoms with E-state index in [1.54, 1.807) is 0 Å². The standard InChI is InChI=1S/C8H18O4S3/c9-1-3-14-7(11)5-13-6-8(12)15-4-2-10/h7-12H,1-6H2. The smallest absolute Gasteiger partial charge is 0.108 e. The number of aliphatic hydroxyl groups is 4. The number of hydrogen-bond acceptors (Lipinski definition) is 7. The van der Waals surface area contributed by atoms with Crippen molar-refractivity contribution in [3.05, 3.63) is 0 Å². The van der Waals surface area contributed by atoms with E-state index in [2.05, 4.69) is 0 Å². The number of aliphatic hydroxyl groups excluding tert-OH is 4. The first-order chi connectivity index (χ1) is 7.20. The Kier molecular flexibility index (Phi) is 12.1. The minimum atomic E-state index is -0.489. The predicted molar refractivity (Wildman–Crippen MR) is 68.4 cm³/mol. The second-order valence-electron chi connectivity index (χ2n) is 2.64. The fraction of sp³-hybridized carbons (Fsp3) is 1.00. The Bertz CT molecular complexity index is 125. The first kappa shape index (κ1) is 15.9. The lowest BCUT2D eigenvalue weighted by Crippen LogP contribution is -2.11. The highest BCUT2D eigenvalue weighted by atomic mass is 32.2. The van der Waals surface area contributed by atoms with Crippen molar-refractivity contribution in [1.29, 1.82) is 0 Å². The second-order valence-corrected chi connectivity index (χ2v) is 6.28. The molecule has 0 rings (SSSR count). The van der Waals surface area contributed by atoms with Crippen LogP contribution in [-0.2, 0) is 0 Å². The maximum atomic E-state index is 9.37. The zero-order chi connectivity index (χ0) is 11.5. The summed E-state index contributed by atoms with van der Waals surface area (Å²) in [6.07, 6.45) is 0. The highest BCUT2D eigenvalue weighted by molar-refractivity contribution is 8.04. The minimum absolute atomic E-state index is 0.0708. The Labute approximate surface area is 103 Å². The molecule has 0 saturated carbocycles. The van der Waals surface area contributed by atoms with Crippen molar-refractivity contribution in [2.75, 3.05) is 36.2 Å². The zero-order valence-corrected chi connectivity index (χ0v) is 10.9. The largest absolute Gasteiger partial charge is 0.396 e. The molecule has 0 heterocycles. The van der Waals surface area contributed by atoms with E-state index in [4.69, 9.17) is 10.2 Å². The molecule has 15 heavy (non-hydrogen) atoms. The summed E-state index contributed by atoms with van der Waals surface area (Å²) in [5.41, 5.74) is -0.977. The molecule has 7 heteroatoms. The molecule has 2 unspecified atom stereocenters. The van der Waals surface area contributed by atoms with Crippen LogP contribution in [0.5, 0.6) is 0 Å². The highest BCUT2D eigenvalue weighted by Crippen LogP contribution is 2.18. The van der Waals surface area contributed by atoms with E-state index >= 15 is 0 Å². The Hall–Kier alpha value is 0.890. The van der Waals surface area contributed by atoms with Crippen LogP contribution in [0.2, 0.25) is 0 Å². The van der Waals surface area contributed by atoms with Gasteiger partial charge in [-0.05, 0) is 0 Å². The maximum absolute atomic E-state index is 9.37. The fourth-order valence-corrected chi connectivity index (χ4v) is 3.38. The predicted octanol–water partition coefficient (Wildman–Crippen LogP) is -0.193. The third kappa shape index (κ3) is 11.2.